The van der Waals surface area contributed by atoms with Gasteiger partial charge in [0.2, 0.25) is 0 Å². The van der Waals surface area contributed by atoms with Gasteiger partial charge in [-0.3, -0.25) is 14.3 Å². The third-order valence-corrected chi connectivity index (χ3v) is 8.10. The fraction of sp³-hybridized carbons (Fsp3) is 0.185. The van der Waals surface area contributed by atoms with Crippen LogP contribution in [0, 0.1) is 6.92 Å². The molecule has 0 saturated heterocycles. The Morgan fingerprint density at radius 3 is 2.68 bits per heavy atom. The quantitative estimate of drug-likeness (QED) is 0.170. The van der Waals surface area contributed by atoms with Gasteiger partial charge in [0.1, 0.15) is 33.5 Å². The fourth-order valence-electron chi connectivity index (χ4n) is 4.26. The summed E-state index contributed by atoms with van der Waals surface area (Å²) in [5.41, 5.74) is 6.80. The summed E-state index contributed by atoms with van der Waals surface area (Å²) < 4.78 is 41.5. The first-order valence-corrected chi connectivity index (χ1v) is 14.1. The standard InChI is InChI=1S/C27H21BrClF2N5O4S/c1-3-36-12(2)16(10-33-36)15-9-18(24(30)31)34-27-21(15)22(23(41-27)25(32)37)35-26(38)20-7-5-14(40-20)11-39-19-6-4-13(28)8-17(19)29/h4-10,24H,3,11H2,1-2H3,(H2,32,37)(H,35,38). The predicted molar refractivity (Wildman–Crippen MR) is 155 cm³/mol. The average Bonchev–Trinajstić information content (AvgIpc) is 3.65. The summed E-state index contributed by atoms with van der Waals surface area (Å²) in [6.45, 7) is 4.25. The van der Waals surface area contributed by atoms with Crippen LogP contribution in [-0.2, 0) is 13.2 Å². The Morgan fingerprint density at radius 2 is 2.02 bits per heavy atom. The van der Waals surface area contributed by atoms with Crippen molar-refractivity contribution in [2.75, 3.05) is 5.32 Å². The van der Waals surface area contributed by atoms with Crippen molar-refractivity contribution in [3.8, 4) is 16.9 Å². The fourth-order valence-corrected chi connectivity index (χ4v) is 6.00. The molecule has 0 saturated carbocycles. The van der Waals surface area contributed by atoms with Gasteiger partial charge in [0.05, 0.1) is 16.9 Å². The van der Waals surface area contributed by atoms with E-state index in [-0.39, 0.29) is 27.8 Å². The molecule has 4 aromatic heterocycles. The zero-order valence-electron chi connectivity index (χ0n) is 21.5. The maximum atomic E-state index is 13.8. The van der Waals surface area contributed by atoms with Gasteiger partial charge >= 0.3 is 0 Å². The summed E-state index contributed by atoms with van der Waals surface area (Å²) in [4.78, 5) is 29.8. The number of hydrogen-bond acceptors (Lipinski definition) is 7. The highest BCUT2D eigenvalue weighted by Crippen LogP contribution is 2.43. The molecular formula is C27H21BrClF2N5O4S. The molecule has 41 heavy (non-hydrogen) atoms. The summed E-state index contributed by atoms with van der Waals surface area (Å²) in [5.74, 6) is -0.850. The molecule has 1 aromatic carbocycles. The molecule has 0 atom stereocenters. The van der Waals surface area contributed by atoms with Gasteiger partial charge in [-0.05, 0) is 55.8 Å². The lowest BCUT2D eigenvalue weighted by molar-refractivity contribution is 0.0992. The van der Waals surface area contributed by atoms with Crippen LogP contribution in [0.4, 0.5) is 14.5 Å². The van der Waals surface area contributed by atoms with Gasteiger partial charge in [0.15, 0.2) is 5.76 Å². The van der Waals surface area contributed by atoms with E-state index in [1.54, 1.807) is 42.1 Å². The number of hydrogen-bond donors (Lipinski definition) is 2. The molecule has 0 bridgehead atoms. The van der Waals surface area contributed by atoms with Crippen LogP contribution in [0.15, 0.2) is 51.5 Å². The Bertz CT molecular complexity index is 1800. The van der Waals surface area contributed by atoms with E-state index in [1.807, 2.05) is 6.92 Å². The normalized spacial score (nSPS) is 11.4. The molecule has 9 nitrogen and oxygen atoms in total. The summed E-state index contributed by atoms with van der Waals surface area (Å²) in [6.07, 6.45) is -1.32. The molecule has 2 amide bonds. The number of pyridine rings is 1. The highest BCUT2D eigenvalue weighted by Gasteiger charge is 2.27. The highest BCUT2D eigenvalue weighted by molar-refractivity contribution is 9.10. The molecule has 0 spiro atoms. The molecule has 212 valence electrons. The Labute approximate surface area is 249 Å². The minimum Gasteiger partial charge on any atom is -0.484 e. The van der Waals surface area contributed by atoms with Crippen LogP contribution in [0.1, 0.15) is 50.7 Å². The van der Waals surface area contributed by atoms with Gasteiger partial charge in [-0.15, -0.1) is 11.3 Å². The number of anilines is 1. The molecule has 0 radical (unpaired) electrons. The lowest BCUT2D eigenvalue weighted by Crippen LogP contribution is -2.16. The van der Waals surface area contributed by atoms with Gasteiger partial charge < -0.3 is 20.2 Å². The van der Waals surface area contributed by atoms with Crippen molar-refractivity contribution in [1.29, 1.82) is 0 Å². The van der Waals surface area contributed by atoms with Crippen LogP contribution < -0.4 is 15.8 Å². The van der Waals surface area contributed by atoms with Gasteiger partial charge in [0.25, 0.3) is 18.2 Å². The van der Waals surface area contributed by atoms with Crippen LogP contribution in [0.25, 0.3) is 21.3 Å². The monoisotopic (exact) mass is 663 g/mol. The molecule has 0 fully saturated rings. The van der Waals surface area contributed by atoms with Crippen molar-refractivity contribution >= 4 is 66.6 Å². The second kappa shape index (κ2) is 11.6. The minimum absolute atomic E-state index is 0.00623. The SMILES string of the molecule is CCn1ncc(-c2cc(C(F)F)nc3sc(C(N)=O)c(NC(=O)c4ccc(COc5ccc(Br)cc5Cl)o4)c23)c1C. The van der Waals surface area contributed by atoms with E-state index in [0.717, 1.165) is 15.8 Å². The van der Waals surface area contributed by atoms with Crippen LogP contribution in [0.5, 0.6) is 5.75 Å². The highest BCUT2D eigenvalue weighted by atomic mass is 79.9. The molecule has 5 aromatic rings. The number of amides is 2. The van der Waals surface area contributed by atoms with Crippen molar-refractivity contribution in [2.45, 2.75) is 33.4 Å². The number of halogens is 4. The number of nitrogens with one attached hydrogen (secondary N) is 1. The lowest BCUT2D eigenvalue weighted by Gasteiger charge is -2.10. The topological polar surface area (TPSA) is 125 Å². The van der Waals surface area contributed by atoms with Crippen molar-refractivity contribution in [3.63, 3.8) is 0 Å². The Kier molecular flexibility index (Phi) is 8.11. The van der Waals surface area contributed by atoms with E-state index in [9.17, 15) is 18.4 Å². The molecule has 0 aliphatic heterocycles. The molecule has 0 aliphatic carbocycles. The number of nitrogens with zero attached hydrogens (tertiary/aromatic N) is 3. The largest absolute Gasteiger partial charge is 0.484 e. The third-order valence-electron chi connectivity index (χ3n) is 6.21. The number of thiophene rings is 1. The molecule has 3 N–H and O–H groups in total. The number of furan rings is 1. The van der Waals surface area contributed by atoms with Crippen LogP contribution in [0.2, 0.25) is 5.02 Å². The van der Waals surface area contributed by atoms with E-state index in [4.69, 9.17) is 26.5 Å². The third kappa shape index (κ3) is 5.69. The van der Waals surface area contributed by atoms with E-state index < -0.39 is 23.9 Å². The zero-order valence-corrected chi connectivity index (χ0v) is 24.7. The number of fused-ring (bicyclic) bond motifs is 1. The number of nitrogens with two attached hydrogens (primary N) is 1. The number of rotatable bonds is 9. The van der Waals surface area contributed by atoms with E-state index >= 15 is 0 Å². The second-order valence-corrected chi connectivity index (χ2v) is 11.1. The van der Waals surface area contributed by atoms with Gasteiger partial charge in [-0.25, -0.2) is 13.8 Å². The Balaban J connectivity index is 1.51. The number of ether oxygens (including phenoxy) is 1. The molecule has 0 unspecified atom stereocenters. The van der Waals surface area contributed by atoms with Crippen molar-refractivity contribution in [1.82, 2.24) is 14.8 Å². The summed E-state index contributed by atoms with van der Waals surface area (Å²) >= 11 is 10.3. The minimum atomic E-state index is -2.87. The van der Waals surface area contributed by atoms with Crippen molar-refractivity contribution < 1.29 is 27.5 Å². The van der Waals surface area contributed by atoms with Crippen LogP contribution >= 0.6 is 38.9 Å². The number of carbonyl (C=O) groups is 2. The van der Waals surface area contributed by atoms with Crippen molar-refractivity contribution in [3.05, 3.63) is 79.9 Å². The molecular weight excluding hydrogens is 644 g/mol. The summed E-state index contributed by atoms with van der Waals surface area (Å²) in [5, 5.41) is 7.69. The van der Waals surface area contributed by atoms with Gasteiger partial charge in [-0.1, -0.05) is 27.5 Å². The number of aromatic nitrogens is 3. The van der Waals surface area contributed by atoms with Crippen LogP contribution in [0.3, 0.4) is 0 Å². The lowest BCUT2D eigenvalue weighted by atomic mass is 10.0. The zero-order chi connectivity index (χ0) is 29.4. The van der Waals surface area contributed by atoms with E-state index in [0.29, 0.717) is 45.3 Å². The number of primary amides is 1. The molecule has 5 rings (SSSR count). The second-order valence-electron chi connectivity index (χ2n) is 8.79. The van der Waals surface area contributed by atoms with Crippen LogP contribution in [-0.4, -0.2) is 26.6 Å². The van der Waals surface area contributed by atoms with Gasteiger partial charge in [-0.2, -0.15) is 5.10 Å². The first kappa shape index (κ1) is 28.7. The first-order valence-electron chi connectivity index (χ1n) is 12.1. The number of carbonyl (C=O) groups excluding carboxylic acids is 2. The molecule has 14 heteroatoms. The number of aryl methyl sites for hydroxylation is 1. The van der Waals surface area contributed by atoms with Gasteiger partial charge in [0, 0.05) is 27.7 Å². The first-order chi connectivity index (χ1) is 19.6. The number of alkyl halides is 2. The van der Waals surface area contributed by atoms with Crippen molar-refractivity contribution in [2.24, 2.45) is 5.73 Å². The van der Waals surface area contributed by atoms with E-state index in [2.05, 4.69) is 31.3 Å². The molecule has 0 aliphatic rings. The average molecular weight is 665 g/mol. The Hall–Kier alpha value is -3.81. The molecule has 4 heterocycles. The maximum absolute atomic E-state index is 13.8. The predicted octanol–water partition coefficient (Wildman–Crippen LogP) is 7.36. The summed E-state index contributed by atoms with van der Waals surface area (Å²) in [6, 6.07) is 9.38. The van der Waals surface area contributed by atoms with E-state index in [1.165, 1.54) is 12.1 Å². The smallest absolute Gasteiger partial charge is 0.291 e. The summed E-state index contributed by atoms with van der Waals surface area (Å²) in [7, 11) is 0. The number of benzene rings is 1. The Morgan fingerprint density at radius 1 is 1.24 bits per heavy atom. The maximum Gasteiger partial charge on any atom is 0.291 e.